The molecule has 0 saturated heterocycles. The van der Waals surface area contributed by atoms with Gasteiger partial charge in [-0.05, 0) is 18.6 Å². The van der Waals surface area contributed by atoms with Gasteiger partial charge in [-0.15, -0.1) is 0 Å². The number of carbonyl (C=O) groups is 2. The highest BCUT2D eigenvalue weighted by Gasteiger charge is 2.16. The number of aromatic nitrogens is 1. The Balaban J connectivity index is 2.67. The van der Waals surface area contributed by atoms with E-state index in [1.165, 1.54) is 6.20 Å². The van der Waals surface area contributed by atoms with E-state index in [1.54, 1.807) is 13.0 Å². The van der Waals surface area contributed by atoms with Crippen LogP contribution in [-0.2, 0) is 9.59 Å². The Bertz CT molecular complexity index is 450. The number of nitrogens with one attached hydrogen (secondary N) is 1. The molecule has 1 unspecified atom stereocenters. The average Bonchev–Trinajstić information content (AvgIpc) is 2.22. The van der Waals surface area contributed by atoms with Crippen molar-refractivity contribution in [1.29, 1.82) is 0 Å². The fourth-order valence-corrected chi connectivity index (χ4v) is 1.27. The lowest BCUT2D eigenvalue weighted by atomic mass is 10.2. The van der Waals surface area contributed by atoms with Crippen LogP contribution < -0.4 is 16.8 Å². The number of nitrogens with two attached hydrogens (primary N) is 2. The molecule has 6 nitrogen and oxygen atoms in total. The summed E-state index contributed by atoms with van der Waals surface area (Å²) in [5.41, 5.74) is 11.6. The molecular weight excluding hydrogens is 244 g/mol. The van der Waals surface area contributed by atoms with E-state index >= 15 is 0 Å². The van der Waals surface area contributed by atoms with Crippen LogP contribution in [0.5, 0.6) is 0 Å². The van der Waals surface area contributed by atoms with Gasteiger partial charge < -0.3 is 16.8 Å². The lowest BCUT2D eigenvalue weighted by Gasteiger charge is -2.10. The molecule has 0 radical (unpaired) electrons. The van der Waals surface area contributed by atoms with Crippen molar-refractivity contribution in [2.45, 2.75) is 19.4 Å². The molecule has 1 aromatic rings. The molecule has 1 aromatic heterocycles. The van der Waals surface area contributed by atoms with Gasteiger partial charge in [0.05, 0.1) is 24.3 Å². The molecule has 0 fully saturated rings. The van der Waals surface area contributed by atoms with Crippen LogP contribution in [0.3, 0.4) is 0 Å². The second kappa shape index (κ2) is 5.60. The normalized spacial score (nSPS) is 11.9. The van der Waals surface area contributed by atoms with E-state index in [-0.39, 0.29) is 6.42 Å². The first-order valence-electron chi connectivity index (χ1n) is 4.87. The number of rotatable bonds is 4. The summed E-state index contributed by atoms with van der Waals surface area (Å²) in [6, 6.07) is 0.688. The maximum atomic E-state index is 11.5. The summed E-state index contributed by atoms with van der Waals surface area (Å²) >= 11 is 5.74. The molecule has 1 rings (SSSR count). The molecule has 0 aliphatic heterocycles. The third-order valence-electron chi connectivity index (χ3n) is 2.04. The lowest BCUT2D eigenvalue weighted by Crippen LogP contribution is -2.39. The van der Waals surface area contributed by atoms with E-state index in [4.69, 9.17) is 23.1 Å². The zero-order chi connectivity index (χ0) is 13.0. The topological polar surface area (TPSA) is 111 Å². The van der Waals surface area contributed by atoms with Gasteiger partial charge >= 0.3 is 0 Å². The molecular formula is C10H13ClN4O2. The molecule has 0 spiro atoms. The molecule has 0 aromatic carbocycles. The minimum absolute atomic E-state index is 0.203. The fourth-order valence-electron chi connectivity index (χ4n) is 1.17. The average molecular weight is 257 g/mol. The molecule has 5 N–H and O–H groups in total. The Morgan fingerprint density at radius 2 is 2.24 bits per heavy atom. The zero-order valence-corrected chi connectivity index (χ0v) is 9.99. The van der Waals surface area contributed by atoms with E-state index in [2.05, 4.69) is 10.3 Å². The number of halogens is 1. The number of primary amides is 1. The number of hydrogen-bond acceptors (Lipinski definition) is 4. The van der Waals surface area contributed by atoms with E-state index in [0.717, 1.165) is 5.56 Å². The summed E-state index contributed by atoms with van der Waals surface area (Å²) in [5.74, 6) is -1.12. The fraction of sp³-hybridized carbons (Fsp3) is 0.300. The highest BCUT2D eigenvalue weighted by atomic mass is 35.5. The molecule has 0 bridgehead atoms. The molecule has 1 atom stereocenters. The second-order valence-electron chi connectivity index (χ2n) is 3.60. The summed E-state index contributed by atoms with van der Waals surface area (Å²) in [6.45, 7) is 1.76. The van der Waals surface area contributed by atoms with E-state index in [9.17, 15) is 9.59 Å². The van der Waals surface area contributed by atoms with E-state index in [1.807, 2.05) is 0 Å². The molecule has 92 valence electrons. The highest BCUT2D eigenvalue weighted by molar-refractivity contribution is 6.30. The van der Waals surface area contributed by atoms with Gasteiger partial charge in [0.15, 0.2) is 0 Å². The number of pyridine rings is 1. The first-order valence-corrected chi connectivity index (χ1v) is 5.25. The number of amides is 2. The Kier molecular flexibility index (Phi) is 4.42. The Hall–Kier alpha value is -1.66. The summed E-state index contributed by atoms with van der Waals surface area (Å²) in [6.07, 6.45) is 1.20. The molecule has 2 amide bonds. The van der Waals surface area contributed by atoms with Gasteiger partial charge in [0.2, 0.25) is 11.8 Å². The molecule has 17 heavy (non-hydrogen) atoms. The Morgan fingerprint density at radius 3 is 2.76 bits per heavy atom. The molecule has 0 saturated carbocycles. The van der Waals surface area contributed by atoms with Crippen molar-refractivity contribution < 1.29 is 9.59 Å². The Labute approximate surface area is 103 Å². The minimum atomic E-state index is -0.969. The van der Waals surface area contributed by atoms with Crippen molar-refractivity contribution in [3.05, 3.63) is 23.0 Å². The number of aryl methyl sites for hydroxylation is 1. The number of carbonyl (C=O) groups excluding carboxylic acids is 2. The second-order valence-corrected chi connectivity index (χ2v) is 3.96. The van der Waals surface area contributed by atoms with E-state index in [0.29, 0.717) is 10.8 Å². The third kappa shape index (κ3) is 4.01. The standard InChI is InChI=1S/C10H13ClN4O2/c1-5-2-6(4-14-9(5)11)15-10(17)7(12)3-8(13)16/h2,4,7H,3,12H2,1H3,(H2,13,16)(H,15,17). The number of anilines is 1. The first-order chi connectivity index (χ1) is 7.90. The van der Waals surface area contributed by atoms with Gasteiger partial charge in [-0.1, -0.05) is 11.6 Å². The van der Waals surface area contributed by atoms with Gasteiger partial charge in [-0.3, -0.25) is 9.59 Å². The van der Waals surface area contributed by atoms with Crippen molar-refractivity contribution in [1.82, 2.24) is 4.98 Å². The maximum absolute atomic E-state index is 11.5. The van der Waals surface area contributed by atoms with Crippen LogP contribution in [0.25, 0.3) is 0 Å². The van der Waals surface area contributed by atoms with Crippen molar-refractivity contribution >= 4 is 29.1 Å². The molecule has 1 heterocycles. The molecule has 7 heteroatoms. The summed E-state index contributed by atoms with van der Waals surface area (Å²) in [7, 11) is 0. The van der Waals surface area contributed by atoms with Gasteiger partial charge in [-0.25, -0.2) is 4.98 Å². The molecule has 0 aliphatic carbocycles. The van der Waals surface area contributed by atoms with E-state index < -0.39 is 17.9 Å². The van der Waals surface area contributed by atoms with Crippen LogP contribution in [-0.4, -0.2) is 22.8 Å². The van der Waals surface area contributed by atoms with Crippen molar-refractivity contribution in [2.75, 3.05) is 5.32 Å². The van der Waals surface area contributed by atoms with Crippen molar-refractivity contribution in [2.24, 2.45) is 11.5 Å². The van der Waals surface area contributed by atoms with Crippen molar-refractivity contribution in [3.8, 4) is 0 Å². The van der Waals surface area contributed by atoms with Gasteiger partial charge in [0.25, 0.3) is 0 Å². The zero-order valence-electron chi connectivity index (χ0n) is 9.24. The Morgan fingerprint density at radius 1 is 1.59 bits per heavy atom. The van der Waals surface area contributed by atoms with Crippen LogP contribution in [0.15, 0.2) is 12.3 Å². The molecule has 0 aliphatic rings. The lowest BCUT2D eigenvalue weighted by molar-refractivity contribution is -0.123. The van der Waals surface area contributed by atoms with Gasteiger partial charge in [0, 0.05) is 0 Å². The van der Waals surface area contributed by atoms with Crippen LogP contribution in [0.2, 0.25) is 5.15 Å². The van der Waals surface area contributed by atoms with Crippen LogP contribution >= 0.6 is 11.6 Å². The van der Waals surface area contributed by atoms with Gasteiger partial charge in [0.1, 0.15) is 5.15 Å². The first kappa shape index (κ1) is 13.4. The maximum Gasteiger partial charge on any atom is 0.241 e. The summed E-state index contributed by atoms with van der Waals surface area (Å²) < 4.78 is 0. The SMILES string of the molecule is Cc1cc(NC(=O)C(N)CC(N)=O)cnc1Cl. The predicted octanol–water partition coefficient (Wildman–Crippen LogP) is 0.185. The number of nitrogens with zero attached hydrogens (tertiary/aromatic N) is 1. The van der Waals surface area contributed by atoms with Crippen LogP contribution in [0.4, 0.5) is 5.69 Å². The van der Waals surface area contributed by atoms with Crippen molar-refractivity contribution in [3.63, 3.8) is 0 Å². The number of hydrogen-bond donors (Lipinski definition) is 3. The monoisotopic (exact) mass is 256 g/mol. The predicted molar refractivity (Wildman–Crippen MR) is 64.4 cm³/mol. The quantitative estimate of drug-likeness (QED) is 0.668. The smallest absolute Gasteiger partial charge is 0.241 e. The summed E-state index contributed by atoms with van der Waals surface area (Å²) in [5, 5.41) is 2.89. The van der Waals surface area contributed by atoms with Crippen LogP contribution in [0, 0.1) is 6.92 Å². The highest BCUT2D eigenvalue weighted by Crippen LogP contribution is 2.16. The third-order valence-corrected chi connectivity index (χ3v) is 2.44. The van der Waals surface area contributed by atoms with Gasteiger partial charge in [-0.2, -0.15) is 0 Å². The summed E-state index contributed by atoms with van der Waals surface area (Å²) in [4.78, 5) is 26.0. The largest absolute Gasteiger partial charge is 0.370 e. The minimum Gasteiger partial charge on any atom is -0.370 e. The van der Waals surface area contributed by atoms with Crippen LogP contribution in [0.1, 0.15) is 12.0 Å².